The minimum atomic E-state index is -0.631. The number of carbonyl (C=O) groups excluding carboxylic acids is 2. The van der Waals surface area contributed by atoms with Crippen molar-refractivity contribution in [2.45, 2.75) is 26.3 Å². The summed E-state index contributed by atoms with van der Waals surface area (Å²) < 4.78 is 0. The second kappa shape index (κ2) is 6.10. The quantitative estimate of drug-likeness (QED) is 0.861. The molecule has 0 aromatic heterocycles. The normalized spacial score (nSPS) is 18.5. The number of aliphatic hydroxyl groups is 2. The molecule has 1 aliphatic rings. The van der Waals surface area contributed by atoms with Gasteiger partial charge in [-0.2, -0.15) is 0 Å². The second-order valence-electron chi connectivity index (χ2n) is 5.04. The summed E-state index contributed by atoms with van der Waals surface area (Å²) in [6.45, 7) is 3.21. The van der Waals surface area contributed by atoms with E-state index in [-0.39, 0.29) is 24.5 Å². The van der Waals surface area contributed by atoms with Gasteiger partial charge in [0.15, 0.2) is 11.5 Å². The number of hydrogen-bond donors (Lipinski definition) is 2. The summed E-state index contributed by atoms with van der Waals surface area (Å²) in [5.74, 6) is -1.47. The maximum absolute atomic E-state index is 12.1. The molecule has 21 heavy (non-hydrogen) atoms. The fourth-order valence-corrected chi connectivity index (χ4v) is 2.63. The Morgan fingerprint density at radius 2 is 1.90 bits per heavy atom. The lowest BCUT2D eigenvalue weighted by molar-refractivity contribution is -0.129. The van der Waals surface area contributed by atoms with E-state index in [1.807, 2.05) is 31.2 Å². The van der Waals surface area contributed by atoms with E-state index in [4.69, 9.17) is 5.11 Å². The Bertz CT molecular complexity index is 589. The Hall–Kier alpha value is -2.14. The van der Waals surface area contributed by atoms with Crippen LogP contribution in [0.2, 0.25) is 0 Å². The number of hydrogen-bond acceptors (Lipinski definition) is 4. The molecule has 2 N–H and O–H groups in total. The van der Waals surface area contributed by atoms with E-state index in [1.54, 1.807) is 0 Å². The molecule has 0 radical (unpaired) electrons. The molecule has 0 aliphatic carbocycles. The number of aryl methyl sites for hydroxylation is 1. The van der Waals surface area contributed by atoms with Crippen LogP contribution in [0.4, 0.5) is 0 Å². The van der Waals surface area contributed by atoms with E-state index in [9.17, 15) is 14.7 Å². The molecule has 0 spiro atoms. The first-order chi connectivity index (χ1) is 10.0. The standard InChI is InChI=1S/C16H19NO4/c1-3-11-4-6-12(7-5-11)14-13(10(2)19)15(20)16(21)17(14)8-9-18/h4-7,14,18,20H,3,8-9H2,1-2H3. The molecule has 1 aliphatic heterocycles. The maximum Gasteiger partial charge on any atom is 0.290 e. The number of β-amino-alcohol motifs (C(OH)–C–C–N with tert-alkyl or cyclic N) is 1. The summed E-state index contributed by atoms with van der Waals surface area (Å²) in [7, 11) is 0. The van der Waals surface area contributed by atoms with Crippen LogP contribution in [0, 0.1) is 0 Å². The zero-order valence-electron chi connectivity index (χ0n) is 12.2. The molecule has 1 amide bonds. The van der Waals surface area contributed by atoms with E-state index in [0.29, 0.717) is 0 Å². The van der Waals surface area contributed by atoms with Crippen molar-refractivity contribution in [3.8, 4) is 0 Å². The highest BCUT2D eigenvalue weighted by Crippen LogP contribution is 2.37. The predicted molar refractivity (Wildman–Crippen MR) is 77.7 cm³/mol. The van der Waals surface area contributed by atoms with Gasteiger partial charge in [0.25, 0.3) is 5.91 Å². The van der Waals surface area contributed by atoms with Gasteiger partial charge in [0, 0.05) is 6.54 Å². The van der Waals surface area contributed by atoms with E-state index in [0.717, 1.165) is 17.5 Å². The van der Waals surface area contributed by atoms with Crippen LogP contribution in [-0.2, 0) is 16.0 Å². The number of carbonyl (C=O) groups is 2. The number of benzene rings is 1. The Morgan fingerprint density at radius 3 is 2.38 bits per heavy atom. The molecule has 0 saturated carbocycles. The zero-order valence-corrected chi connectivity index (χ0v) is 12.2. The highest BCUT2D eigenvalue weighted by atomic mass is 16.3. The van der Waals surface area contributed by atoms with Crippen LogP contribution in [0.3, 0.4) is 0 Å². The average Bonchev–Trinajstić information content (AvgIpc) is 2.73. The van der Waals surface area contributed by atoms with Gasteiger partial charge in [-0.25, -0.2) is 0 Å². The third kappa shape index (κ3) is 2.69. The fourth-order valence-electron chi connectivity index (χ4n) is 2.63. The summed E-state index contributed by atoms with van der Waals surface area (Å²) in [5.41, 5.74) is 2.00. The van der Waals surface area contributed by atoms with Crippen molar-refractivity contribution in [1.29, 1.82) is 0 Å². The lowest BCUT2D eigenvalue weighted by Gasteiger charge is -2.25. The fraction of sp³-hybridized carbons (Fsp3) is 0.375. The smallest absolute Gasteiger partial charge is 0.290 e. The Morgan fingerprint density at radius 1 is 1.29 bits per heavy atom. The van der Waals surface area contributed by atoms with Gasteiger partial charge in [-0.05, 0) is 24.5 Å². The Labute approximate surface area is 123 Å². The number of rotatable bonds is 5. The molecule has 1 atom stereocenters. The molecule has 0 saturated heterocycles. The highest BCUT2D eigenvalue weighted by Gasteiger charge is 2.41. The van der Waals surface area contributed by atoms with Crippen LogP contribution in [-0.4, -0.2) is 40.0 Å². The number of amides is 1. The van der Waals surface area contributed by atoms with Crippen LogP contribution in [0.15, 0.2) is 35.6 Å². The molecule has 112 valence electrons. The first-order valence-electron chi connectivity index (χ1n) is 6.96. The van der Waals surface area contributed by atoms with Crippen molar-refractivity contribution >= 4 is 11.7 Å². The van der Waals surface area contributed by atoms with Crippen LogP contribution < -0.4 is 0 Å². The van der Waals surface area contributed by atoms with Gasteiger partial charge in [-0.3, -0.25) is 9.59 Å². The number of ketones is 1. The molecule has 1 unspecified atom stereocenters. The lowest BCUT2D eigenvalue weighted by Crippen LogP contribution is -2.33. The summed E-state index contributed by atoms with van der Waals surface area (Å²) in [4.78, 5) is 25.2. The maximum atomic E-state index is 12.1. The summed E-state index contributed by atoms with van der Waals surface area (Å²) >= 11 is 0. The first-order valence-corrected chi connectivity index (χ1v) is 6.96. The molecular weight excluding hydrogens is 270 g/mol. The Kier molecular flexibility index (Phi) is 4.43. The molecule has 5 nitrogen and oxygen atoms in total. The Balaban J connectivity index is 2.48. The predicted octanol–water partition coefficient (Wildman–Crippen LogP) is 1.53. The minimum Gasteiger partial charge on any atom is -0.503 e. The third-order valence-electron chi connectivity index (χ3n) is 3.73. The average molecular weight is 289 g/mol. The van der Waals surface area contributed by atoms with Crippen molar-refractivity contribution in [3.05, 3.63) is 46.7 Å². The van der Waals surface area contributed by atoms with Gasteiger partial charge in [0.2, 0.25) is 0 Å². The zero-order chi connectivity index (χ0) is 15.6. The van der Waals surface area contributed by atoms with Crippen molar-refractivity contribution in [2.75, 3.05) is 13.2 Å². The van der Waals surface area contributed by atoms with Crippen molar-refractivity contribution in [2.24, 2.45) is 0 Å². The second-order valence-corrected chi connectivity index (χ2v) is 5.04. The van der Waals surface area contributed by atoms with E-state index in [1.165, 1.54) is 11.8 Å². The number of Topliss-reactive ketones (excluding diaryl/α,β-unsaturated/α-hetero) is 1. The SMILES string of the molecule is CCc1ccc(C2C(C(C)=O)=C(O)C(=O)N2CCO)cc1. The van der Waals surface area contributed by atoms with Gasteiger partial charge in [0.05, 0.1) is 18.2 Å². The van der Waals surface area contributed by atoms with Gasteiger partial charge < -0.3 is 15.1 Å². The summed E-state index contributed by atoms with van der Waals surface area (Å²) in [6.07, 6.45) is 0.894. The van der Waals surface area contributed by atoms with E-state index in [2.05, 4.69) is 0 Å². The molecule has 0 fully saturated rings. The highest BCUT2D eigenvalue weighted by molar-refractivity contribution is 6.08. The first kappa shape index (κ1) is 15.3. The molecule has 1 aromatic carbocycles. The van der Waals surface area contributed by atoms with Gasteiger partial charge >= 0.3 is 0 Å². The van der Waals surface area contributed by atoms with Crippen LogP contribution in [0.25, 0.3) is 0 Å². The van der Waals surface area contributed by atoms with Crippen LogP contribution in [0.1, 0.15) is 31.0 Å². The van der Waals surface area contributed by atoms with Gasteiger partial charge in [-0.1, -0.05) is 31.2 Å². The monoisotopic (exact) mass is 289 g/mol. The van der Waals surface area contributed by atoms with E-state index >= 15 is 0 Å². The van der Waals surface area contributed by atoms with Crippen LogP contribution >= 0.6 is 0 Å². The van der Waals surface area contributed by atoms with Gasteiger partial charge in [0.1, 0.15) is 0 Å². The minimum absolute atomic E-state index is 0.0693. The molecule has 1 heterocycles. The number of nitrogens with zero attached hydrogens (tertiary/aromatic N) is 1. The lowest BCUT2D eigenvalue weighted by atomic mass is 9.95. The molecule has 5 heteroatoms. The summed E-state index contributed by atoms with van der Waals surface area (Å²) in [5, 5.41) is 19.1. The largest absolute Gasteiger partial charge is 0.503 e. The summed E-state index contributed by atoms with van der Waals surface area (Å²) in [6, 6.07) is 6.94. The van der Waals surface area contributed by atoms with Crippen molar-refractivity contribution < 1.29 is 19.8 Å². The van der Waals surface area contributed by atoms with Crippen molar-refractivity contribution in [1.82, 2.24) is 4.90 Å². The molecule has 0 bridgehead atoms. The molecule has 2 rings (SSSR count). The topological polar surface area (TPSA) is 77.8 Å². The number of aliphatic hydroxyl groups excluding tert-OH is 2. The van der Waals surface area contributed by atoms with E-state index < -0.39 is 17.7 Å². The van der Waals surface area contributed by atoms with Crippen LogP contribution in [0.5, 0.6) is 0 Å². The molecular formula is C16H19NO4. The molecule has 1 aromatic rings. The third-order valence-corrected chi connectivity index (χ3v) is 3.73. The van der Waals surface area contributed by atoms with Gasteiger partial charge in [-0.15, -0.1) is 0 Å². The van der Waals surface area contributed by atoms with Crippen molar-refractivity contribution in [3.63, 3.8) is 0 Å².